The average Bonchev–Trinajstić information content (AvgIpc) is 2.31. The second-order valence-corrected chi connectivity index (χ2v) is 5.70. The number of hydrogen-bond acceptors (Lipinski definition) is 4. The van der Waals surface area contributed by atoms with Crippen LogP contribution >= 0.6 is 45.2 Å². The summed E-state index contributed by atoms with van der Waals surface area (Å²) in [6, 6.07) is 0. The van der Waals surface area contributed by atoms with Gasteiger partial charge in [0.05, 0.1) is 13.7 Å². The third-order valence-corrected chi connectivity index (χ3v) is 3.54. The molecule has 0 aliphatic heterocycles. The van der Waals surface area contributed by atoms with Crippen LogP contribution in [0.2, 0.25) is 0 Å². The van der Waals surface area contributed by atoms with Gasteiger partial charge in [-0.1, -0.05) is 0 Å². The molecule has 0 aliphatic carbocycles. The summed E-state index contributed by atoms with van der Waals surface area (Å²) in [5.74, 6) is -0.343. The lowest BCUT2D eigenvalue weighted by atomic mass is 10.4. The first-order chi connectivity index (χ1) is 8.54. The summed E-state index contributed by atoms with van der Waals surface area (Å²) >= 11 is 3.90. The lowest BCUT2D eigenvalue weighted by Gasteiger charge is -2.08. The Morgan fingerprint density at radius 3 is 2.44 bits per heavy atom. The van der Waals surface area contributed by atoms with Crippen LogP contribution in [0.15, 0.2) is 17.2 Å². The molecule has 1 rings (SSSR count). The van der Waals surface area contributed by atoms with Gasteiger partial charge in [0.25, 0.3) is 0 Å². The van der Waals surface area contributed by atoms with E-state index in [1.165, 1.54) is 0 Å². The Bertz CT molecular complexity index is 446. The molecule has 0 fully saturated rings. The molecule has 18 heavy (non-hydrogen) atoms. The van der Waals surface area contributed by atoms with Gasteiger partial charge in [-0.15, -0.1) is 0 Å². The normalized spacial score (nSPS) is 10.4. The molecular formula is C11H13I2NO4. The molecule has 5 nitrogen and oxygen atoms in total. The molecule has 100 valence electrons. The maximum Gasteiger partial charge on any atom is 0.326 e. The van der Waals surface area contributed by atoms with Gasteiger partial charge >= 0.3 is 5.97 Å². The molecule has 0 N–H and O–H groups in total. The number of hydrogen-bond donors (Lipinski definition) is 0. The number of carbonyl (C=O) groups excluding carboxylic acids is 1. The molecule has 0 atom stereocenters. The van der Waals surface area contributed by atoms with E-state index >= 15 is 0 Å². The highest BCUT2D eigenvalue weighted by molar-refractivity contribution is 14.1. The molecule has 0 saturated heterocycles. The molecule has 1 aromatic heterocycles. The molecule has 0 unspecified atom stereocenters. The molecule has 0 saturated carbocycles. The molecule has 0 spiro atoms. The van der Waals surface area contributed by atoms with Crippen molar-refractivity contribution in [2.75, 3.05) is 19.8 Å². The zero-order chi connectivity index (χ0) is 13.5. The Kier molecular flexibility index (Phi) is 7.15. The van der Waals surface area contributed by atoms with E-state index in [-0.39, 0.29) is 24.5 Å². The largest absolute Gasteiger partial charge is 0.462 e. The van der Waals surface area contributed by atoms with Crippen molar-refractivity contribution in [3.63, 3.8) is 0 Å². The van der Waals surface area contributed by atoms with Crippen LogP contribution in [0.3, 0.4) is 0 Å². The van der Waals surface area contributed by atoms with E-state index in [2.05, 4.69) is 0 Å². The van der Waals surface area contributed by atoms with Crippen molar-refractivity contribution in [3.05, 3.63) is 29.8 Å². The fraction of sp³-hybridized carbons (Fsp3) is 0.455. The van der Waals surface area contributed by atoms with Crippen molar-refractivity contribution >= 4 is 51.2 Å². The summed E-state index contributed by atoms with van der Waals surface area (Å²) in [6.07, 6.45) is 3.27. The summed E-state index contributed by atoms with van der Waals surface area (Å²) < 4.78 is 12.9. The van der Waals surface area contributed by atoms with E-state index in [9.17, 15) is 9.59 Å². The highest BCUT2D eigenvalue weighted by atomic mass is 127. The van der Waals surface area contributed by atoms with Gasteiger partial charge < -0.3 is 14.0 Å². The topological polar surface area (TPSA) is 57.5 Å². The number of aromatic nitrogens is 1. The van der Waals surface area contributed by atoms with E-state index in [4.69, 9.17) is 9.47 Å². The lowest BCUT2D eigenvalue weighted by Crippen LogP contribution is -2.20. The fourth-order valence-corrected chi connectivity index (χ4v) is 3.02. The van der Waals surface area contributed by atoms with Crippen LogP contribution in [0.1, 0.15) is 6.92 Å². The SMILES string of the molecule is CCOCCOC(=O)Cn1cc(I)c(=O)c(I)c1. The van der Waals surface area contributed by atoms with E-state index < -0.39 is 0 Å². The van der Waals surface area contributed by atoms with Gasteiger partial charge in [-0.05, 0) is 52.1 Å². The molecule has 7 heteroatoms. The highest BCUT2D eigenvalue weighted by Gasteiger charge is 2.07. The summed E-state index contributed by atoms with van der Waals surface area (Å²) in [5, 5.41) is 0. The number of rotatable bonds is 6. The molecule has 0 aliphatic rings. The number of pyridine rings is 1. The Morgan fingerprint density at radius 1 is 1.28 bits per heavy atom. The molecule has 0 aromatic carbocycles. The fourth-order valence-electron chi connectivity index (χ4n) is 1.20. The first-order valence-electron chi connectivity index (χ1n) is 5.33. The number of esters is 1. The third-order valence-electron chi connectivity index (χ3n) is 2.00. The zero-order valence-corrected chi connectivity index (χ0v) is 14.1. The van der Waals surface area contributed by atoms with Gasteiger partial charge in [0.2, 0.25) is 5.43 Å². The van der Waals surface area contributed by atoms with Crippen LogP contribution in [0.4, 0.5) is 0 Å². The lowest BCUT2D eigenvalue weighted by molar-refractivity contribution is -0.145. The van der Waals surface area contributed by atoms with Gasteiger partial charge in [0.1, 0.15) is 13.2 Å². The van der Waals surface area contributed by atoms with E-state index in [1.807, 2.05) is 52.1 Å². The number of ether oxygens (including phenoxy) is 2. The second-order valence-electron chi connectivity index (χ2n) is 3.37. The van der Waals surface area contributed by atoms with E-state index in [0.717, 1.165) is 0 Å². The molecule has 1 aromatic rings. The summed E-state index contributed by atoms with van der Waals surface area (Å²) in [5.41, 5.74) is -0.0165. The summed E-state index contributed by atoms with van der Waals surface area (Å²) in [7, 11) is 0. The van der Waals surface area contributed by atoms with Gasteiger partial charge in [-0.25, -0.2) is 0 Å². The van der Waals surface area contributed by atoms with Crippen LogP contribution in [0.25, 0.3) is 0 Å². The van der Waals surface area contributed by atoms with Crippen LogP contribution in [0.5, 0.6) is 0 Å². The van der Waals surface area contributed by atoms with Crippen LogP contribution < -0.4 is 5.43 Å². The quantitative estimate of drug-likeness (QED) is 0.356. The van der Waals surface area contributed by atoms with Crippen LogP contribution in [0, 0.1) is 7.14 Å². The van der Waals surface area contributed by atoms with Crippen molar-refractivity contribution in [3.8, 4) is 0 Å². The minimum Gasteiger partial charge on any atom is -0.462 e. The van der Waals surface area contributed by atoms with E-state index in [1.54, 1.807) is 17.0 Å². The van der Waals surface area contributed by atoms with Gasteiger partial charge in [-0.2, -0.15) is 0 Å². The molecular weight excluding hydrogens is 464 g/mol. The summed E-state index contributed by atoms with van der Waals surface area (Å²) in [4.78, 5) is 23.0. The Morgan fingerprint density at radius 2 is 1.89 bits per heavy atom. The monoisotopic (exact) mass is 477 g/mol. The molecule has 1 heterocycles. The van der Waals surface area contributed by atoms with Crippen molar-refractivity contribution < 1.29 is 14.3 Å². The minimum absolute atomic E-state index is 0.0165. The van der Waals surface area contributed by atoms with Gasteiger partial charge in [0, 0.05) is 19.0 Å². The van der Waals surface area contributed by atoms with Crippen LogP contribution in [-0.2, 0) is 20.8 Å². The summed E-state index contributed by atoms with van der Waals surface area (Å²) in [6.45, 7) is 3.24. The number of carbonyl (C=O) groups is 1. The molecule has 0 amide bonds. The standard InChI is InChI=1S/C11H13I2NO4/c1-2-17-3-4-18-10(15)7-14-5-8(12)11(16)9(13)6-14/h5-6H,2-4,7H2,1H3. The zero-order valence-electron chi connectivity index (χ0n) is 9.82. The third kappa shape index (κ3) is 5.22. The first-order valence-corrected chi connectivity index (χ1v) is 7.48. The van der Waals surface area contributed by atoms with E-state index in [0.29, 0.717) is 20.4 Å². The predicted molar refractivity (Wildman–Crippen MR) is 83.6 cm³/mol. The van der Waals surface area contributed by atoms with Crippen molar-refractivity contribution in [1.29, 1.82) is 0 Å². The maximum absolute atomic E-state index is 11.5. The van der Waals surface area contributed by atoms with Crippen LogP contribution in [-0.4, -0.2) is 30.4 Å². The van der Waals surface area contributed by atoms with Crippen molar-refractivity contribution in [2.45, 2.75) is 13.5 Å². The minimum atomic E-state index is -0.343. The first kappa shape index (κ1) is 15.9. The Balaban J connectivity index is 2.52. The second kappa shape index (κ2) is 8.10. The number of nitrogens with zero attached hydrogens (tertiary/aromatic N) is 1. The van der Waals surface area contributed by atoms with Crippen molar-refractivity contribution in [2.24, 2.45) is 0 Å². The Hall–Kier alpha value is -0.160. The van der Waals surface area contributed by atoms with Gasteiger partial charge in [0.15, 0.2) is 0 Å². The van der Waals surface area contributed by atoms with Gasteiger partial charge in [-0.3, -0.25) is 9.59 Å². The maximum atomic E-state index is 11.5. The predicted octanol–water partition coefficient (Wildman–Crippen LogP) is 1.64. The number of halogens is 2. The Labute approximate surface area is 132 Å². The highest BCUT2D eigenvalue weighted by Crippen LogP contribution is 2.04. The van der Waals surface area contributed by atoms with Crippen molar-refractivity contribution in [1.82, 2.24) is 4.57 Å². The molecule has 0 bridgehead atoms. The average molecular weight is 477 g/mol. The molecule has 0 radical (unpaired) electrons. The smallest absolute Gasteiger partial charge is 0.326 e.